The molecule has 84 valence electrons. The zero-order chi connectivity index (χ0) is 11.4. The van der Waals surface area contributed by atoms with E-state index >= 15 is 0 Å². The molecule has 1 aromatic rings. The second-order valence-electron chi connectivity index (χ2n) is 3.80. The number of carbonyl (C=O) groups excluding carboxylic acids is 1. The van der Waals surface area contributed by atoms with Crippen LogP contribution in [-0.2, 0) is 4.79 Å². The van der Waals surface area contributed by atoms with Crippen LogP contribution in [0.3, 0.4) is 0 Å². The standard InChI is InChI=1S/C12H14N2OS/c15-10-13-6-8-14(9-7-13)12(16)11-4-2-1-3-5-11/h1-5,10H,6-9H2. The molecule has 1 aromatic carbocycles. The van der Waals surface area contributed by atoms with Crippen molar-refractivity contribution < 1.29 is 4.79 Å². The average Bonchev–Trinajstić information content (AvgIpc) is 2.39. The van der Waals surface area contributed by atoms with Gasteiger partial charge in [-0.3, -0.25) is 4.79 Å². The number of hydrogen-bond acceptors (Lipinski definition) is 2. The van der Waals surface area contributed by atoms with Crippen molar-refractivity contribution in [2.75, 3.05) is 26.2 Å². The quantitative estimate of drug-likeness (QED) is 0.566. The Hall–Kier alpha value is -1.42. The van der Waals surface area contributed by atoms with E-state index in [1.165, 1.54) is 0 Å². The van der Waals surface area contributed by atoms with Gasteiger partial charge in [-0.05, 0) is 0 Å². The van der Waals surface area contributed by atoms with Crippen LogP contribution in [0.1, 0.15) is 5.56 Å². The minimum atomic E-state index is 0.760. The fourth-order valence-electron chi connectivity index (χ4n) is 1.79. The molecule has 0 atom stereocenters. The molecule has 0 aliphatic carbocycles. The summed E-state index contributed by atoms with van der Waals surface area (Å²) in [5.41, 5.74) is 1.08. The molecule has 1 saturated heterocycles. The predicted molar refractivity (Wildman–Crippen MR) is 67.4 cm³/mol. The number of piperazine rings is 1. The van der Waals surface area contributed by atoms with E-state index in [9.17, 15) is 4.79 Å². The first-order valence-corrected chi connectivity index (χ1v) is 5.76. The molecule has 1 aliphatic heterocycles. The van der Waals surface area contributed by atoms with E-state index in [0.29, 0.717) is 0 Å². The van der Waals surface area contributed by atoms with Gasteiger partial charge < -0.3 is 9.80 Å². The van der Waals surface area contributed by atoms with E-state index in [-0.39, 0.29) is 0 Å². The van der Waals surface area contributed by atoms with Crippen LogP contribution >= 0.6 is 12.2 Å². The fourth-order valence-corrected chi connectivity index (χ4v) is 2.11. The van der Waals surface area contributed by atoms with Crippen LogP contribution < -0.4 is 0 Å². The van der Waals surface area contributed by atoms with Crippen LogP contribution in [0.25, 0.3) is 0 Å². The van der Waals surface area contributed by atoms with Crippen molar-refractivity contribution >= 4 is 23.6 Å². The summed E-state index contributed by atoms with van der Waals surface area (Å²) in [6, 6.07) is 10.0. The normalized spacial score (nSPS) is 16.0. The summed E-state index contributed by atoms with van der Waals surface area (Å²) < 4.78 is 0. The molecule has 0 bridgehead atoms. The number of carbonyl (C=O) groups is 1. The van der Waals surface area contributed by atoms with E-state index in [2.05, 4.69) is 4.90 Å². The van der Waals surface area contributed by atoms with Gasteiger partial charge in [0, 0.05) is 31.7 Å². The van der Waals surface area contributed by atoms with Crippen LogP contribution in [0.5, 0.6) is 0 Å². The maximum atomic E-state index is 10.6. The molecule has 0 aromatic heterocycles. The molecule has 1 fully saturated rings. The van der Waals surface area contributed by atoms with Crippen molar-refractivity contribution in [3.8, 4) is 0 Å². The monoisotopic (exact) mass is 234 g/mol. The van der Waals surface area contributed by atoms with Gasteiger partial charge in [-0.2, -0.15) is 0 Å². The molecule has 2 rings (SSSR count). The SMILES string of the molecule is O=CN1CCN(C(=S)c2ccccc2)CC1. The van der Waals surface area contributed by atoms with Crippen molar-refractivity contribution in [2.24, 2.45) is 0 Å². The molecular weight excluding hydrogens is 220 g/mol. The third-order valence-corrected chi connectivity index (χ3v) is 3.27. The Kier molecular flexibility index (Phi) is 3.51. The average molecular weight is 234 g/mol. The van der Waals surface area contributed by atoms with Gasteiger partial charge in [-0.25, -0.2) is 0 Å². The zero-order valence-electron chi connectivity index (χ0n) is 9.00. The lowest BCUT2D eigenvalue weighted by Crippen LogP contribution is -2.47. The third kappa shape index (κ3) is 2.39. The summed E-state index contributed by atoms with van der Waals surface area (Å²) in [5, 5.41) is 0. The van der Waals surface area contributed by atoms with Crippen LogP contribution in [0, 0.1) is 0 Å². The Labute approximate surface area is 101 Å². The third-order valence-electron chi connectivity index (χ3n) is 2.77. The molecule has 0 N–H and O–H groups in total. The topological polar surface area (TPSA) is 23.6 Å². The number of benzene rings is 1. The number of amides is 1. The Balaban J connectivity index is 1.99. The highest BCUT2D eigenvalue weighted by Crippen LogP contribution is 2.08. The lowest BCUT2D eigenvalue weighted by atomic mass is 10.2. The molecular formula is C12H14N2OS. The molecule has 3 nitrogen and oxygen atoms in total. The Bertz CT molecular complexity index is 372. The maximum absolute atomic E-state index is 10.6. The van der Waals surface area contributed by atoms with Crippen molar-refractivity contribution in [3.63, 3.8) is 0 Å². The Morgan fingerprint density at radius 2 is 1.75 bits per heavy atom. The van der Waals surface area contributed by atoms with Crippen molar-refractivity contribution in [2.45, 2.75) is 0 Å². The van der Waals surface area contributed by atoms with Gasteiger partial charge in [0.1, 0.15) is 4.99 Å². The molecule has 1 amide bonds. The van der Waals surface area contributed by atoms with Crippen molar-refractivity contribution in [1.82, 2.24) is 9.80 Å². The summed E-state index contributed by atoms with van der Waals surface area (Å²) in [6.45, 7) is 3.17. The lowest BCUT2D eigenvalue weighted by molar-refractivity contribution is -0.119. The summed E-state index contributed by atoms with van der Waals surface area (Å²) in [4.78, 5) is 15.4. The largest absolute Gasteiger partial charge is 0.359 e. The van der Waals surface area contributed by atoms with Gasteiger partial charge in [0.05, 0.1) is 0 Å². The minimum Gasteiger partial charge on any atom is -0.359 e. The number of rotatable bonds is 2. The first-order chi connectivity index (χ1) is 7.81. The van der Waals surface area contributed by atoms with Crippen LogP contribution in [-0.4, -0.2) is 47.4 Å². The molecule has 0 unspecified atom stereocenters. The second-order valence-corrected chi connectivity index (χ2v) is 4.19. The van der Waals surface area contributed by atoms with Crippen LogP contribution in [0.15, 0.2) is 30.3 Å². The Morgan fingerprint density at radius 1 is 1.12 bits per heavy atom. The zero-order valence-corrected chi connectivity index (χ0v) is 9.82. The van der Waals surface area contributed by atoms with Gasteiger partial charge >= 0.3 is 0 Å². The molecule has 1 aliphatic rings. The predicted octanol–water partition coefficient (Wildman–Crippen LogP) is 1.14. The molecule has 0 radical (unpaired) electrons. The second kappa shape index (κ2) is 5.07. The first-order valence-electron chi connectivity index (χ1n) is 5.35. The van der Waals surface area contributed by atoms with E-state index in [1.807, 2.05) is 30.3 Å². The van der Waals surface area contributed by atoms with Gasteiger partial charge in [0.25, 0.3) is 0 Å². The maximum Gasteiger partial charge on any atom is 0.209 e. The van der Waals surface area contributed by atoms with E-state index < -0.39 is 0 Å². The number of nitrogens with zero attached hydrogens (tertiary/aromatic N) is 2. The van der Waals surface area contributed by atoms with E-state index in [1.54, 1.807) is 4.90 Å². The van der Waals surface area contributed by atoms with Crippen LogP contribution in [0.4, 0.5) is 0 Å². The lowest BCUT2D eigenvalue weighted by Gasteiger charge is -2.34. The molecule has 0 spiro atoms. The smallest absolute Gasteiger partial charge is 0.209 e. The minimum absolute atomic E-state index is 0.760. The number of hydrogen-bond donors (Lipinski definition) is 0. The van der Waals surface area contributed by atoms with E-state index in [4.69, 9.17) is 12.2 Å². The summed E-state index contributed by atoms with van der Waals surface area (Å²) in [7, 11) is 0. The molecule has 0 saturated carbocycles. The van der Waals surface area contributed by atoms with Gasteiger partial charge in [0.15, 0.2) is 0 Å². The fraction of sp³-hybridized carbons (Fsp3) is 0.333. The summed E-state index contributed by atoms with van der Waals surface area (Å²) in [6.07, 6.45) is 0.906. The summed E-state index contributed by atoms with van der Waals surface area (Å²) >= 11 is 5.43. The molecule has 4 heteroatoms. The highest BCUT2D eigenvalue weighted by Gasteiger charge is 2.18. The highest BCUT2D eigenvalue weighted by atomic mass is 32.1. The van der Waals surface area contributed by atoms with E-state index in [0.717, 1.165) is 43.1 Å². The van der Waals surface area contributed by atoms with Crippen molar-refractivity contribution in [3.05, 3.63) is 35.9 Å². The highest BCUT2D eigenvalue weighted by molar-refractivity contribution is 7.80. The molecule has 1 heterocycles. The Morgan fingerprint density at radius 3 is 2.31 bits per heavy atom. The van der Waals surface area contributed by atoms with Gasteiger partial charge in [0.2, 0.25) is 6.41 Å². The number of thiocarbonyl (C=S) groups is 1. The van der Waals surface area contributed by atoms with Gasteiger partial charge in [-0.15, -0.1) is 0 Å². The van der Waals surface area contributed by atoms with Crippen molar-refractivity contribution in [1.29, 1.82) is 0 Å². The van der Waals surface area contributed by atoms with Gasteiger partial charge in [-0.1, -0.05) is 42.5 Å². The summed E-state index contributed by atoms with van der Waals surface area (Å²) in [5.74, 6) is 0. The van der Waals surface area contributed by atoms with Crippen LogP contribution in [0.2, 0.25) is 0 Å². The first kappa shape index (κ1) is 11.1. The molecule has 16 heavy (non-hydrogen) atoms.